The lowest BCUT2D eigenvalue weighted by Gasteiger charge is -2.03. The van der Waals surface area contributed by atoms with Crippen LogP contribution in [0.25, 0.3) is 10.2 Å². The van der Waals surface area contributed by atoms with Crippen LogP contribution in [-0.4, -0.2) is 4.98 Å². The zero-order valence-electron chi connectivity index (χ0n) is 9.45. The summed E-state index contributed by atoms with van der Waals surface area (Å²) in [6, 6.07) is 10.1. The largest absolute Gasteiger partial charge is 0.331 e. The Bertz CT molecular complexity index is 759. The first-order valence-corrected chi connectivity index (χ1v) is 7.39. The number of rotatable bonds is 2. The molecule has 0 bridgehead atoms. The number of benzene rings is 2. The highest BCUT2D eigenvalue weighted by Gasteiger charge is 2.06. The smallest absolute Gasteiger partial charge is 0.188 e. The van der Waals surface area contributed by atoms with Crippen LogP contribution in [0.2, 0.25) is 5.02 Å². The van der Waals surface area contributed by atoms with E-state index in [1.165, 1.54) is 23.5 Å². The predicted molar refractivity (Wildman–Crippen MR) is 82.0 cm³/mol. The molecule has 2 nitrogen and oxygen atoms in total. The number of aromatic nitrogens is 1. The summed E-state index contributed by atoms with van der Waals surface area (Å²) >= 11 is 10.8. The Morgan fingerprint density at radius 2 is 2.05 bits per heavy atom. The zero-order valence-corrected chi connectivity index (χ0v) is 12.6. The molecule has 1 heterocycles. The van der Waals surface area contributed by atoms with Gasteiger partial charge >= 0.3 is 0 Å². The monoisotopic (exact) mass is 356 g/mol. The van der Waals surface area contributed by atoms with E-state index in [1.54, 1.807) is 12.1 Å². The number of fused-ring (bicyclic) bond motifs is 1. The van der Waals surface area contributed by atoms with Crippen molar-refractivity contribution in [1.82, 2.24) is 4.98 Å². The number of nitrogens with zero attached hydrogens (tertiary/aromatic N) is 1. The first kappa shape index (κ1) is 12.8. The topological polar surface area (TPSA) is 24.9 Å². The number of thiazole rings is 1. The van der Waals surface area contributed by atoms with Gasteiger partial charge in [-0.2, -0.15) is 0 Å². The highest BCUT2D eigenvalue weighted by molar-refractivity contribution is 9.10. The van der Waals surface area contributed by atoms with Gasteiger partial charge in [-0.1, -0.05) is 22.9 Å². The molecule has 0 atom stereocenters. The molecule has 1 aromatic heterocycles. The van der Waals surface area contributed by atoms with Gasteiger partial charge in [0.15, 0.2) is 5.13 Å². The Kier molecular flexibility index (Phi) is 3.43. The summed E-state index contributed by atoms with van der Waals surface area (Å²) < 4.78 is 14.8. The van der Waals surface area contributed by atoms with Gasteiger partial charge in [0.2, 0.25) is 0 Å². The summed E-state index contributed by atoms with van der Waals surface area (Å²) in [5.74, 6) is -0.279. The van der Waals surface area contributed by atoms with E-state index in [2.05, 4.69) is 26.2 Å². The Labute approximate surface area is 126 Å². The van der Waals surface area contributed by atoms with Gasteiger partial charge in [0, 0.05) is 16.2 Å². The van der Waals surface area contributed by atoms with Crippen LogP contribution in [0, 0.1) is 5.82 Å². The second-order valence-corrected chi connectivity index (χ2v) is 6.18. The van der Waals surface area contributed by atoms with Crippen LogP contribution in [0.15, 0.2) is 40.9 Å². The molecule has 0 fully saturated rings. The summed E-state index contributed by atoms with van der Waals surface area (Å²) in [6.45, 7) is 0. The lowest BCUT2D eigenvalue weighted by molar-refractivity contribution is 0.629. The number of hydrogen-bond donors (Lipinski definition) is 1. The van der Waals surface area contributed by atoms with E-state index in [1.807, 2.05) is 12.1 Å². The molecule has 0 amide bonds. The van der Waals surface area contributed by atoms with E-state index >= 15 is 0 Å². The Hall–Kier alpha value is -1.17. The van der Waals surface area contributed by atoms with E-state index < -0.39 is 0 Å². The van der Waals surface area contributed by atoms with Crippen LogP contribution in [0.1, 0.15) is 0 Å². The van der Waals surface area contributed by atoms with Crippen LogP contribution in [0.3, 0.4) is 0 Å². The van der Waals surface area contributed by atoms with Crippen molar-refractivity contribution >= 4 is 59.9 Å². The quantitative estimate of drug-likeness (QED) is 0.646. The summed E-state index contributed by atoms with van der Waals surface area (Å²) in [6.07, 6.45) is 0. The van der Waals surface area contributed by atoms with Crippen molar-refractivity contribution in [3.05, 3.63) is 51.7 Å². The highest BCUT2D eigenvalue weighted by atomic mass is 79.9. The number of nitrogens with one attached hydrogen (secondary N) is 1. The van der Waals surface area contributed by atoms with Gasteiger partial charge in [-0.15, -0.1) is 0 Å². The van der Waals surface area contributed by atoms with Crippen LogP contribution in [0.5, 0.6) is 0 Å². The molecule has 0 saturated heterocycles. The van der Waals surface area contributed by atoms with Gasteiger partial charge in [0.05, 0.1) is 15.2 Å². The molecule has 3 aromatic rings. The lowest BCUT2D eigenvalue weighted by atomic mass is 10.3. The van der Waals surface area contributed by atoms with Crippen LogP contribution >= 0.6 is 38.9 Å². The zero-order chi connectivity index (χ0) is 13.4. The van der Waals surface area contributed by atoms with Crippen LogP contribution < -0.4 is 5.32 Å². The summed E-state index contributed by atoms with van der Waals surface area (Å²) in [7, 11) is 0. The molecule has 0 aliphatic heterocycles. The van der Waals surface area contributed by atoms with E-state index in [9.17, 15) is 4.39 Å². The number of anilines is 2. The fraction of sp³-hybridized carbons (Fsp3) is 0. The van der Waals surface area contributed by atoms with Crippen molar-refractivity contribution < 1.29 is 4.39 Å². The third kappa shape index (κ3) is 2.73. The maximum absolute atomic E-state index is 13.1. The fourth-order valence-electron chi connectivity index (χ4n) is 1.65. The summed E-state index contributed by atoms with van der Waals surface area (Å²) in [5.41, 5.74) is 1.52. The molecule has 6 heteroatoms. The minimum absolute atomic E-state index is 0.279. The third-order valence-corrected chi connectivity index (χ3v) is 4.69. The maximum atomic E-state index is 13.1. The molecule has 0 saturated carbocycles. The molecular formula is C13H7BrClFN2S. The minimum atomic E-state index is -0.279. The van der Waals surface area contributed by atoms with Crippen molar-refractivity contribution in [3.63, 3.8) is 0 Å². The van der Waals surface area contributed by atoms with Gasteiger partial charge in [-0.25, -0.2) is 9.37 Å². The van der Waals surface area contributed by atoms with Gasteiger partial charge < -0.3 is 5.32 Å². The fourth-order valence-corrected chi connectivity index (χ4v) is 3.01. The molecule has 0 radical (unpaired) electrons. The molecule has 0 unspecified atom stereocenters. The van der Waals surface area contributed by atoms with Crippen LogP contribution in [-0.2, 0) is 0 Å². The van der Waals surface area contributed by atoms with E-state index in [0.29, 0.717) is 10.5 Å². The Morgan fingerprint density at radius 1 is 1.21 bits per heavy atom. The normalized spacial score (nSPS) is 10.9. The van der Waals surface area contributed by atoms with Crippen molar-refractivity contribution in [2.24, 2.45) is 0 Å². The maximum Gasteiger partial charge on any atom is 0.188 e. The standard InChI is InChI=1S/C13H7BrClFN2S/c14-9-6-8(2-3-10(9)15)17-13-18-11-5-7(16)1-4-12(11)19-13/h1-6H,(H,17,18). The van der Waals surface area contributed by atoms with Gasteiger partial charge in [-0.3, -0.25) is 0 Å². The highest BCUT2D eigenvalue weighted by Crippen LogP contribution is 2.31. The molecule has 1 N–H and O–H groups in total. The summed E-state index contributed by atoms with van der Waals surface area (Å²) in [4.78, 5) is 4.34. The van der Waals surface area contributed by atoms with Crippen molar-refractivity contribution in [3.8, 4) is 0 Å². The van der Waals surface area contributed by atoms with Crippen LogP contribution in [0.4, 0.5) is 15.2 Å². The molecule has 19 heavy (non-hydrogen) atoms. The lowest BCUT2D eigenvalue weighted by Crippen LogP contribution is -1.88. The van der Waals surface area contributed by atoms with E-state index in [0.717, 1.165) is 20.0 Å². The van der Waals surface area contributed by atoms with Gasteiger partial charge in [-0.05, 0) is 46.3 Å². The number of halogens is 3. The first-order chi connectivity index (χ1) is 9.11. The molecule has 3 rings (SSSR count). The second-order valence-electron chi connectivity index (χ2n) is 3.88. The number of hydrogen-bond acceptors (Lipinski definition) is 3. The SMILES string of the molecule is Fc1ccc2sc(Nc3ccc(Cl)c(Br)c3)nc2c1. The molecule has 0 aliphatic rings. The van der Waals surface area contributed by atoms with Crippen molar-refractivity contribution in [2.45, 2.75) is 0 Å². The average molecular weight is 358 g/mol. The third-order valence-electron chi connectivity index (χ3n) is 2.52. The van der Waals surface area contributed by atoms with Crippen molar-refractivity contribution in [2.75, 3.05) is 5.32 Å². The first-order valence-electron chi connectivity index (χ1n) is 5.40. The molecular weight excluding hydrogens is 351 g/mol. The molecule has 96 valence electrons. The molecule has 0 aliphatic carbocycles. The molecule has 2 aromatic carbocycles. The van der Waals surface area contributed by atoms with Crippen molar-refractivity contribution in [1.29, 1.82) is 0 Å². The van der Waals surface area contributed by atoms with Gasteiger partial charge in [0.1, 0.15) is 5.82 Å². The van der Waals surface area contributed by atoms with E-state index in [4.69, 9.17) is 11.6 Å². The Balaban J connectivity index is 1.94. The second kappa shape index (κ2) is 5.07. The van der Waals surface area contributed by atoms with E-state index in [-0.39, 0.29) is 5.82 Å². The predicted octanol–water partition coefficient (Wildman–Crippen LogP) is 5.59. The molecule has 0 spiro atoms. The average Bonchev–Trinajstić information content (AvgIpc) is 2.75. The minimum Gasteiger partial charge on any atom is -0.331 e. The van der Waals surface area contributed by atoms with Gasteiger partial charge in [0.25, 0.3) is 0 Å². The summed E-state index contributed by atoms with van der Waals surface area (Å²) in [5, 5.41) is 4.54. The Morgan fingerprint density at radius 3 is 2.84 bits per heavy atom.